The molecule has 22 heavy (non-hydrogen) atoms. The molecule has 2 aliphatic heterocycles. The zero-order valence-electron chi connectivity index (χ0n) is 11.2. The fourth-order valence-electron chi connectivity index (χ4n) is 2.98. The molecular weight excluding hydrogens is 372 g/mol. The van der Waals surface area contributed by atoms with Crippen LogP contribution in [0.15, 0.2) is 58.9 Å². The van der Waals surface area contributed by atoms with Crippen LogP contribution in [-0.4, -0.2) is 22.1 Å². The first-order valence-electron chi connectivity index (χ1n) is 6.69. The van der Waals surface area contributed by atoms with Gasteiger partial charge in [-0.2, -0.15) is 0 Å². The second kappa shape index (κ2) is 4.67. The molecule has 0 amide bonds. The van der Waals surface area contributed by atoms with Crippen molar-refractivity contribution in [2.45, 2.75) is 0 Å². The van der Waals surface area contributed by atoms with Crippen LogP contribution in [0.3, 0.4) is 0 Å². The minimum atomic E-state index is -3.88. The second-order valence-electron chi connectivity index (χ2n) is 5.19. The van der Waals surface area contributed by atoms with Crippen LogP contribution in [0.5, 0.6) is 0 Å². The molecule has 1 aromatic carbocycles. The average Bonchev–Trinajstić information content (AvgIpc) is 3.12. The Bertz CT molecular complexity index is 899. The van der Waals surface area contributed by atoms with Crippen LogP contribution >= 0.6 is 27.5 Å². The highest BCUT2D eigenvalue weighted by Gasteiger charge is 2.51. The third-order valence-electron chi connectivity index (χ3n) is 3.94. The summed E-state index contributed by atoms with van der Waals surface area (Å²) in [6.07, 6.45) is 6.14. The lowest BCUT2D eigenvalue weighted by molar-refractivity contribution is -0.356. The summed E-state index contributed by atoms with van der Waals surface area (Å²) >= 11 is 9.74. The highest BCUT2D eigenvalue weighted by atomic mass is 79.9. The van der Waals surface area contributed by atoms with Crippen molar-refractivity contribution in [1.29, 1.82) is 0 Å². The normalized spacial score (nSPS) is 18.3. The Balaban J connectivity index is 2.09. The SMILES string of the molecule is F[B-]1(F)n2cccc2C(c2cc(Br)ccc2Cl)=C2C=CC=[N+]21. The van der Waals surface area contributed by atoms with Crippen LogP contribution in [0.25, 0.3) is 5.57 Å². The molecule has 0 aliphatic carbocycles. The van der Waals surface area contributed by atoms with Crippen molar-refractivity contribution in [2.24, 2.45) is 0 Å². The van der Waals surface area contributed by atoms with Gasteiger partial charge in [-0.25, -0.2) is 0 Å². The molecule has 0 saturated heterocycles. The summed E-state index contributed by atoms with van der Waals surface area (Å²) in [5, 5.41) is 0.524. The van der Waals surface area contributed by atoms with E-state index in [0.717, 1.165) is 19.0 Å². The molecule has 4 rings (SSSR count). The maximum Gasteiger partial charge on any atom is 0.737 e. The van der Waals surface area contributed by atoms with Crippen LogP contribution in [0.2, 0.25) is 5.02 Å². The summed E-state index contributed by atoms with van der Waals surface area (Å²) in [5.74, 6) is 0. The van der Waals surface area contributed by atoms with Crippen molar-refractivity contribution < 1.29 is 13.1 Å². The molecule has 2 nitrogen and oxygen atoms in total. The van der Waals surface area contributed by atoms with Gasteiger partial charge in [0.25, 0.3) is 0 Å². The number of nitrogens with zero attached hydrogens (tertiary/aromatic N) is 2. The van der Waals surface area contributed by atoms with E-state index in [1.165, 1.54) is 12.4 Å². The van der Waals surface area contributed by atoms with Gasteiger partial charge in [-0.05, 0) is 36.5 Å². The van der Waals surface area contributed by atoms with Crippen molar-refractivity contribution in [3.63, 3.8) is 0 Å². The first kappa shape index (κ1) is 14.0. The molecule has 0 N–H and O–H groups in total. The molecular formula is C15H9BBrClF2N2. The van der Waals surface area contributed by atoms with Gasteiger partial charge in [-0.1, -0.05) is 27.5 Å². The molecule has 0 radical (unpaired) electrons. The molecule has 0 fully saturated rings. The summed E-state index contributed by atoms with van der Waals surface area (Å²) in [5.41, 5.74) is 2.36. The third kappa shape index (κ3) is 1.80. The minimum Gasteiger partial charge on any atom is -0.396 e. The number of rotatable bonds is 1. The Morgan fingerprint density at radius 3 is 2.86 bits per heavy atom. The van der Waals surface area contributed by atoms with Gasteiger partial charge < -0.3 is 17.6 Å². The highest BCUT2D eigenvalue weighted by molar-refractivity contribution is 9.10. The standard InChI is InChI=1S/C15H9BBrClF2N2/c17-10-5-6-12(18)11(9-10)15-13-3-1-7-21(13)16(19,20)22-8-2-4-14(15)22/h1-9H. The Hall–Kier alpha value is -1.66. The number of benzene rings is 1. The number of halogens is 4. The molecule has 2 aromatic rings. The van der Waals surface area contributed by atoms with Gasteiger partial charge in [0.05, 0.1) is 5.57 Å². The monoisotopic (exact) mass is 380 g/mol. The largest absolute Gasteiger partial charge is 0.737 e. The molecule has 0 saturated carbocycles. The molecule has 0 atom stereocenters. The fraction of sp³-hybridized carbons (Fsp3) is 0. The summed E-state index contributed by atoms with van der Waals surface area (Å²) in [4.78, 5) is 0. The van der Waals surface area contributed by atoms with Crippen molar-refractivity contribution in [2.75, 3.05) is 0 Å². The average molecular weight is 381 g/mol. The van der Waals surface area contributed by atoms with Gasteiger partial charge in [0.2, 0.25) is 0 Å². The Kier molecular flexibility index (Phi) is 2.96. The molecule has 0 unspecified atom stereocenters. The minimum absolute atomic E-state index is 0.469. The number of aromatic nitrogens is 1. The van der Waals surface area contributed by atoms with Gasteiger partial charge in [-0.3, -0.25) is 0 Å². The van der Waals surface area contributed by atoms with E-state index in [1.54, 1.807) is 30.4 Å². The van der Waals surface area contributed by atoms with Crippen LogP contribution in [0.1, 0.15) is 11.3 Å². The van der Waals surface area contributed by atoms with Crippen molar-refractivity contribution in [1.82, 2.24) is 4.48 Å². The highest BCUT2D eigenvalue weighted by Crippen LogP contribution is 2.41. The lowest BCUT2D eigenvalue weighted by atomic mass is 9.86. The van der Waals surface area contributed by atoms with Crippen LogP contribution in [0.4, 0.5) is 8.63 Å². The van der Waals surface area contributed by atoms with E-state index in [-0.39, 0.29) is 0 Å². The molecule has 7 heteroatoms. The van der Waals surface area contributed by atoms with Crippen molar-refractivity contribution >= 4 is 46.3 Å². The number of fused-ring (bicyclic) bond motifs is 2. The first-order valence-corrected chi connectivity index (χ1v) is 7.86. The number of allylic oxidation sites excluding steroid dienone is 2. The van der Waals surface area contributed by atoms with Gasteiger partial charge in [-0.15, -0.1) is 0 Å². The molecule has 2 aliphatic rings. The Morgan fingerprint density at radius 2 is 2.05 bits per heavy atom. The van der Waals surface area contributed by atoms with Crippen molar-refractivity contribution in [3.05, 3.63) is 75.1 Å². The topological polar surface area (TPSA) is 7.94 Å². The summed E-state index contributed by atoms with van der Waals surface area (Å²) in [7, 11) is 0. The molecule has 3 heterocycles. The van der Waals surface area contributed by atoms with Crippen LogP contribution < -0.4 is 0 Å². The van der Waals surface area contributed by atoms with E-state index in [1.807, 2.05) is 12.1 Å². The van der Waals surface area contributed by atoms with Gasteiger partial charge in [0.1, 0.15) is 6.21 Å². The third-order valence-corrected chi connectivity index (χ3v) is 4.76. The zero-order valence-corrected chi connectivity index (χ0v) is 13.5. The van der Waals surface area contributed by atoms with E-state index in [9.17, 15) is 8.63 Å². The molecule has 0 spiro atoms. The predicted octanol–water partition coefficient (Wildman–Crippen LogP) is 4.55. The Labute approximate surface area is 139 Å². The number of hydrogen-bond acceptors (Lipinski definition) is 0. The van der Waals surface area contributed by atoms with Gasteiger partial charge in [0.15, 0.2) is 5.70 Å². The smallest absolute Gasteiger partial charge is 0.396 e. The van der Waals surface area contributed by atoms with E-state index in [0.29, 0.717) is 22.0 Å². The predicted molar refractivity (Wildman–Crippen MR) is 88.4 cm³/mol. The van der Waals surface area contributed by atoms with E-state index in [2.05, 4.69) is 15.9 Å². The maximum absolute atomic E-state index is 14.7. The lowest BCUT2D eigenvalue weighted by Gasteiger charge is -2.31. The maximum atomic E-state index is 14.7. The van der Waals surface area contributed by atoms with Gasteiger partial charge >= 0.3 is 6.97 Å². The first-order chi connectivity index (χ1) is 10.5. The summed E-state index contributed by atoms with van der Waals surface area (Å²) in [6, 6.07) is 8.75. The van der Waals surface area contributed by atoms with E-state index in [4.69, 9.17) is 11.6 Å². The second-order valence-corrected chi connectivity index (χ2v) is 6.51. The summed E-state index contributed by atoms with van der Waals surface area (Å²) < 4.78 is 32.2. The van der Waals surface area contributed by atoms with Crippen LogP contribution in [-0.2, 0) is 0 Å². The fourth-order valence-corrected chi connectivity index (χ4v) is 3.56. The van der Waals surface area contributed by atoms with Crippen LogP contribution in [0, 0.1) is 0 Å². The zero-order chi connectivity index (χ0) is 15.5. The number of hydrogen-bond donors (Lipinski definition) is 0. The van der Waals surface area contributed by atoms with Gasteiger partial charge in [0, 0.05) is 32.9 Å². The quantitative estimate of drug-likeness (QED) is 0.641. The van der Waals surface area contributed by atoms with E-state index >= 15 is 0 Å². The molecule has 0 bridgehead atoms. The van der Waals surface area contributed by atoms with Crippen molar-refractivity contribution in [3.8, 4) is 0 Å². The molecule has 110 valence electrons. The summed E-state index contributed by atoms with van der Waals surface area (Å²) in [6.45, 7) is -3.88. The van der Waals surface area contributed by atoms with E-state index < -0.39 is 6.97 Å². The molecule has 1 aromatic heterocycles. The Morgan fingerprint density at radius 1 is 1.23 bits per heavy atom. The lowest BCUT2D eigenvalue weighted by Crippen LogP contribution is -2.49.